The minimum absolute atomic E-state index is 0.0654. The summed E-state index contributed by atoms with van der Waals surface area (Å²) in [5.41, 5.74) is 3.03. The molecule has 0 amide bonds. The van der Waals surface area contributed by atoms with Crippen molar-refractivity contribution in [1.82, 2.24) is 0 Å². The average Bonchev–Trinajstić information content (AvgIpc) is 3.38. The molecule has 6 rings (SSSR count). The lowest BCUT2D eigenvalue weighted by Gasteiger charge is -2.44. The SMILES string of the molecule is CC(C)[C@@]1(OCc2ccccc2)C[N@+]2(Cc3cccc4ccccc34)C[C@@H](C)[C@@H]3CC[C@H]1[C@@]32C. The van der Waals surface area contributed by atoms with Gasteiger partial charge in [-0.2, -0.15) is 0 Å². The fourth-order valence-electron chi connectivity index (χ4n) is 8.90. The smallest absolute Gasteiger partial charge is 0.128 e. The molecule has 1 saturated carbocycles. The molecule has 3 aromatic rings. The van der Waals surface area contributed by atoms with Crippen LogP contribution < -0.4 is 0 Å². The maximum Gasteiger partial charge on any atom is 0.128 e. The van der Waals surface area contributed by atoms with Gasteiger partial charge in [0.25, 0.3) is 0 Å². The third kappa shape index (κ3) is 3.01. The van der Waals surface area contributed by atoms with E-state index in [9.17, 15) is 0 Å². The summed E-state index contributed by atoms with van der Waals surface area (Å²) in [4.78, 5) is 0. The van der Waals surface area contributed by atoms with Crippen LogP contribution in [0, 0.1) is 23.7 Å². The monoisotopic (exact) mass is 454 g/mol. The predicted octanol–water partition coefficient (Wildman–Crippen LogP) is 7.22. The first-order valence-corrected chi connectivity index (χ1v) is 13.4. The van der Waals surface area contributed by atoms with E-state index >= 15 is 0 Å². The van der Waals surface area contributed by atoms with Gasteiger partial charge in [-0.1, -0.05) is 93.6 Å². The zero-order chi connectivity index (χ0) is 23.6. The first-order valence-electron chi connectivity index (χ1n) is 13.4. The summed E-state index contributed by atoms with van der Waals surface area (Å²) in [6, 6.07) is 26.7. The molecule has 0 N–H and O–H groups in total. The lowest BCUT2D eigenvalue weighted by molar-refractivity contribution is -0.968. The van der Waals surface area contributed by atoms with Crippen LogP contribution in [-0.4, -0.2) is 28.7 Å². The van der Waals surface area contributed by atoms with Crippen LogP contribution in [0.2, 0.25) is 0 Å². The van der Waals surface area contributed by atoms with Gasteiger partial charge in [-0.05, 0) is 42.0 Å². The van der Waals surface area contributed by atoms with Gasteiger partial charge in [0.15, 0.2) is 0 Å². The second-order valence-corrected chi connectivity index (χ2v) is 12.1. The molecule has 2 nitrogen and oxygen atoms in total. The van der Waals surface area contributed by atoms with Crippen LogP contribution >= 0.6 is 0 Å². The third-order valence-electron chi connectivity index (χ3n) is 10.4. The summed E-state index contributed by atoms with van der Waals surface area (Å²) in [5, 5.41) is 2.80. The van der Waals surface area contributed by atoms with Gasteiger partial charge >= 0.3 is 0 Å². The van der Waals surface area contributed by atoms with Crippen molar-refractivity contribution in [2.75, 3.05) is 13.1 Å². The normalized spacial score (nSPS) is 36.4. The van der Waals surface area contributed by atoms with Crippen LogP contribution in [0.1, 0.15) is 51.7 Å². The molecule has 0 aromatic heterocycles. The molecule has 178 valence electrons. The molecule has 0 radical (unpaired) electrons. The van der Waals surface area contributed by atoms with Gasteiger partial charge in [-0.25, -0.2) is 0 Å². The van der Waals surface area contributed by atoms with E-state index in [1.807, 2.05) is 0 Å². The van der Waals surface area contributed by atoms with E-state index in [2.05, 4.69) is 100 Å². The molecule has 0 spiro atoms. The highest BCUT2D eigenvalue weighted by molar-refractivity contribution is 5.85. The molecule has 3 aromatic carbocycles. The molecule has 6 atom stereocenters. The average molecular weight is 455 g/mol. The van der Waals surface area contributed by atoms with E-state index in [-0.39, 0.29) is 11.1 Å². The van der Waals surface area contributed by atoms with E-state index in [4.69, 9.17) is 4.74 Å². The predicted molar refractivity (Wildman–Crippen MR) is 140 cm³/mol. The first kappa shape index (κ1) is 22.3. The summed E-state index contributed by atoms with van der Waals surface area (Å²) in [5.74, 6) is 2.70. The minimum atomic E-state index is -0.0654. The molecule has 1 aliphatic carbocycles. The highest BCUT2D eigenvalue weighted by Gasteiger charge is 2.78. The number of ether oxygens (including phenoxy) is 1. The van der Waals surface area contributed by atoms with Gasteiger partial charge < -0.3 is 9.22 Å². The van der Waals surface area contributed by atoms with Gasteiger partial charge in [0.05, 0.1) is 13.2 Å². The molecule has 0 unspecified atom stereocenters. The van der Waals surface area contributed by atoms with E-state index < -0.39 is 0 Å². The maximum absolute atomic E-state index is 7.14. The molecule has 2 aliphatic heterocycles. The van der Waals surface area contributed by atoms with Crippen LogP contribution in [0.3, 0.4) is 0 Å². The Balaban J connectivity index is 1.43. The van der Waals surface area contributed by atoms with Crippen LogP contribution in [0.15, 0.2) is 72.8 Å². The van der Waals surface area contributed by atoms with Crippen molar-refractivity contribution in [2.45, 2.75) is 64.8 Å². The van der Waals surface area contributed by atoms with Crippen molar-refractivity contribution >= 4 is 10.8 Å². The van der Waals surface area contributed by atoms with Crippen molar-refractivity contribution in [3.8, 4) is 0 Å². The van der Waals surface area contributed by atoms with Gasteiger partial charge in [0.2, 0.25) is 0 Å². The van der Waals surface area contributed by atoms with Crippen LogP contribution in [0.25, 0.3) is 10.8 Å². The fourth-order valence-corrected chi connectivity index (χ4v) is 8.90. The largest absolute Gasteiger partial charge is 0.364 e. The zero-order valence-electron chi connectivity index (χ0n) is 21.3. The zero-order valence-corrected chi connectivity index (χ0v) is 21.3. The topological polar surface area (TPSA) is 9.23 Å². The van der Waals surface area contributed by atoms with E-state index in [0.29, 0.717) is 11.8 Å². The Morgan fingerprint density at radius 2 is 1.68 bits per heavy atom. The van der Waals surface area contributed by atoms with Gasteiger partial charge in [0, 0.05) is 23.3 Å². The minimum Gasteiger partial charge on any atom is -0.364 e. The van der Waals surface area contributed by atoms with Crippen molar-refractivity contribution in [1.29, 1.82) is 0 Å². The highest BCUT2D eigenvalue weighted by atomic mass is 16.5. The van der Waals surface area contributed by atoms with Crippen LogP contribution in [-0.2, 0) is 17.9 Å². The van der Waals surface area contributed by atoms with Gasteiger partial charge in [0.1, 0.15) is 24.2 Å². The lowest BCUT2D eigenvalue weighted by Crippen LogP contribution is -2.57. The molecule has 2 saturated heterocycles. The molecule has 0 bridgehead atoms. The van der Waals surface area contributed by atoms with Crippen LogP contribution in [0.5, 0.6) is 0 Å². The summed E-state index contributed by atoms with van der Waals surface area (Å²) >= 11 is 0. The number of rotatable bonds is 6. The highest BCUT2D eigenvalue weighted by Crippen LogP contribution is 2.67. The second kappa shape index (κ2) is 7.93. The maximum atomic E-state index is 7.14. The Labute approximate surface area is 205 Å². The molecule has 3 aliphatic rings. The van der Waals surface area contributed by atoms with Crippen LogP contribution in [0.4, 0.5) is 0 Å². The van der Waals surface area contributed by atoms with Crippen molar-refractivity contribution in [3.05, 3.63) is 83.9 Å². The summed E-state index contributed by atoms with van der Waals surface area (Å²) in [7, 11) is 0. The number of fused-ring (bicyclic) bond motifs is 1. The Morgan fingerprint density at radius 3 is 2.47 bits per heavy atom. The number of nitrogens with zero attached hydrogens (tertiary/aromatic N) is 1. The summed E-state index contributed by atoms with van der Waals surface area (Å²) < 4.78 is 8.34. The number of hydrogen-bond acceptors (Lipinski definition) is 1. The van der Waals surface area contributed by atoms with Crippen molar-refractivity contribution in [3.63, 3.8) is 0 Å². The Kier molecular flexibility index (Phi) is 5.21. The molecule has 3 fully saturated rings. The van der Waals surface area contributed by atoms with E-state index in [0.717, 1.165) is 31.5 Å². The van der Waals surface area contributed by atoms with Crippen molar-refractivity contribution in [2.24, 2.45) is 23.7 Å². The molecule has 2 heteroatoms. The first-order chi connectivity index (χ1) is 16.4. The number of hydrogen-bond donors (Lipinski definition) is 0. The van der Waals surface area contributed by atoms with Gasteiger partial charge in [-0.3, -0.25) is 0 Å². The molecular weight excluding hydrogens is 414 g/mol. The number of benzene rings is 3. The van der Waals surface area contributed by atoms with E-state index in [1.165, 1.54) is 45.8 Å². The molecular formula is C32H40NO+. The quantitative estimate of drug-likeness (QED) is 0.357. The van der Waals surface area contributed by atoms with Crippen molar-refractivity contribution < 1.29 is 9.22 Å². The summed E-state index contributed by atoms with van der Waals surface area (Å²) in [6.45, 7) is 14.3. The number of quaternary nitrogens is 1. The Bertz CT molecular complexity index is 1180. The Morgan fingerprint density at radius 1 is 0.941 bits per heavy atom. The second-order valence-electron chi connectivity index (χ2n) is 12.1. The summed E-state index contributed by atoms with van der Waals surface area (Å²) in [6.07, 6.45) is 2.68. The standard InChI is InChI=1S/C32H40NO/c1-23(2)32(34-21-25-11-6-5-7-12-25)22-33(19-24(3)29-17-18-30(32)31(29,33)4)20-27-15-10-14-26-13-8-9-16-28(26)27/h5-16,23-24,29-30H,17-22H2,1-4H3/q+1/t24-,29+,30+,31-,32+,33-/m1/s1. The Hall–Kier alpha value is -2.16. The lowest BCUT2D eigenvalue weighted by atomic mass is 9.72. The fraction of sp³-hybridized carbons (Fsp3) is 0.500. The van der Waals surface area contributed by atoms with E-state index in [1.54, 1.807) is 0 Å². The molecule has 2 heterocycles. The third-order valence-corrected chi connectivity index (χ3v) is 10.4. The molecule has 34 heavy (non-hydrogen) atoms. The van der Waals surface area contributed by atoms with Gasteiger partial charge in [-0.15, -0.1) is 0 Å².